The van der Waals surface area contributed by atoms with Gasteiger partial charge in [-0.2, -0.15) is 0 Å². The zero-order chi connectivity index (χ0) is 11.5. The number of halogens is 2. The summed E-state index contributed by atoms with van der Waals surface area (Å²) in [6.45, 7) is 0. The molecule has 0 unspecified atom stereocenters. The van der Waals surface area contributed by atoms with E-state index in [0.717, 1.165) is 3.79 Å². The predicted octanol–water partition coefficient (Wildman–Crippen LogP) is 3.90. The normalized spacial score (nSPS) is 10.1. The second kappa shape index (κ2) is 4.76. The molecule has 2 aromatic rings. The van der Waals surface area contributed by atoms with Crippen molar-refractivity contribution in [2.75, 3.05) is 5.32 Å². The van der Waals surface area contributed by atoms with Crippen LogP contribution in [0.15, 0.2) is 40.2 Å². The molecule has 1 heterocycles. The van der Waals surface area contributed by atoms with E-state index in [1.54, 1.807) is 6.07 Å². The maximum Gasteiger partial charge on any atom is 0.265 e. The molecule has 1 amide bonds. The summed E-state index contributed by atoms with van der Waals surface area (Å²) in [5, 5.41) is 2.68. The Bertz CT molecular complexity index is 509. The fourth-order valence-electron chi connectivity index (χ4n) is 1.16. The molecule has 0 aliphatic heterocycles. The molecular formula is C11H7BrFNOS. The maximum atomic E-state index is 12.6. The second-order valence-corrected chi connectivity index (χ2v) is 5.53. The third-order valence-corrected chi connectivity index (χ3v) is 3.52. The third kappa shape index (κ3) is 2.68. The quantitative estimate of drug-likeness (QED) is 0.895. The minimum absolute atomic E-state index is 0.192. The number of hydrogen-bond acceptors (Lipinski definition) is 2. The zero-order valence-corrected chi connectivity index (χ0v) is 10.4. The van der Waals surface area contributed by atoms with Crippen LogP contribution in [0.4, 0.5) is 10.1 Å². The SMILES string of the molecule is O=C(Nc1ccc(F)cc1)c1ccc(Br)s1. The van der Waals surface area contributed by atoms with Crippen LogP contribution in [0.5, 0.6) is 0 Å². The summed E-state index contributed by atoms with van der Waals surface area (Å²) in [4.78, 5) is 12.3. The van der Waals surface area contributed by atoms with Crippen LogP contribution in [0.3, 0.4) is 0 Å². The van der Waals surface area contributed by atoms with E-state index in [1.165, 1.54) is 35.6 Å². The molecule has 1 aromatic heterocycles. The van der Waals surface area contributed by atoms with E-state index in [9.17, 15) is 9.18 Å². The van der Waals surface area contributed by atoms with Gasteiger partial charge >= 0.3 is 0 Å². The van der Waals surface area contributed by atoms with Crippen LogP contribution in [0, 0.1) is 5.82 Å². The molecule has 82 valence electrons. The fraction of sp³-hybridized carbons (Fsp3) is 0. The van der Waals surface area contributed by atoms with Crippen molar-refractivity contribution in [2.45, 2.75) is 0 Å². The highest BCUT2D eigenvalue weighted by atomic mass is 79.9. The van der Waals surface area contributed by atoms with Crippen LogP contribution < -0.4 is 5.32 Å². The molecule has 0 aliphatic carbocycles. The molecular weight excluding hydrogens is 293 g/mol. The van der Waals surface area contributed by atoms with Gasteiger partial charge in [-0.1, -0.05) is 0 Å². The van der Waals surface area contributed by atoms with Crippen molar-refractivity contribution in [3.8, 4) is 0 Å². The lowest BCUT2D eigenvalue weighted by atomic mass is 10.3. The first kappa shape index (κ1) is 11.3. The lowest BCUT2D eigenvalue weighted by Crippen LogP contribution is -2.09. The highest BCUT2D eigenvalue weighted by Gasteiger charge is 2.08. The first-order chi connectivity index (χ1) is 7.65. The van der Waals surface area contributed by atoms with Gasteiger partial charge in [0.05, 0.1) is 8.66 Å². The highest BCUT2D eigenvalue weighted by Crippen LogP contribution is 2.23. The van der Waals surface area contributed by atoms with Crippen molar-refractivity contribution in [3.05, 3.63) is 50.9 Å². The molecule has 1 N–H and O–H groups in total. The van der Waals surface area contributed by atoms with Crippen molar-refractivity contribution in [3.63, 3.8) is 0 Å². The Labute approximate surface area is 104 Å². The van der Waals surface area contributed by atoms with Crippen LogP contribution in [0.2, 0.25) is 0 Å². The standard InChI is InChI=1S/C11H7BrFNOS/c12-10-6-5-9(16-10)11(15)14-8-3-1-7(13)2-4-8/h1-6H,(H,14,15). The molecule has 0 aliphatic rings. The van der Waals surface area contributed by atoms with Crippen molar-refractivity contribution >= 4 is 38.9 Å². The molecule has 0 spiro atoms. The molecule has 16 heavy (non-hydrogen) atoms. The Kier molecular flexibility index (Phi) is 3.36. The van der Waals surface area contributed by atoms with Crippen LogP contribution in [0.25, 0.3) is 0 Å². The Balaban J connectivity index is 2.10. The molecule has 0 atom stereocenters. The summed E-state index contributed by atoms with van der Waals surface area (Å²) in [7, 11) is 0. The second-order valence-electron chi connectivity index (χ2n) is 3.06. The van der Waals surface area contributed by atoms with Crippen LogP contribution in [-0.4, -0.2) is 5.91 Å². The number of carbonyl (C=O) groups excluding carboxylic acids is 1. The van der Waals surface area contributed by atoms with E-state index in [-0.39, 0.29) is 11.7 Å². The maximum absolute atomic E-state index is 12.6. The Morgan fingerprint density at radius 2 is 1.88 bits per heavy atom. The molecule has 0 fully saturated rings. The molecule has 2 nitrogen and oxygen atoms in total. The highest BCUT2D eigenvalue weighted by molar-refractivity contribution is 9.11. The topological polar surface area (TPSA) is 29.1 Å². The van der Waals surface area contributed by atoms with Crippen LogP contribution in [0.1, 0.15) is 9.67 Å². The molecule has 2 rings (SSSR count). The Morgan fingerprint density at radius 3 is 2.44 bits per heavy atom. The third-order valence-electron chi connectivity index (χ3n) is 1.90. The first-order valence-corrected chi connectivity index (χ1v) is 6.08. The van der Waals surface area contributed by atoms with Gasteiger partial charge in [0.15, 0.2) is 0 Å². The number of amides is 1. The van der Waals surface area contributed by atoms with Gasteiger partial charge in [0.2, 0.25) is 0 Å². The minimum Gasteiger partial charge on any atom is -0.321 e. The van der Waals surface area contributed by atoms with E-state index >= 15 is 0 Å². The molecule has 0 bridgehead atoms. The first-order valence-electron chi connectivity index (χ1n) is 4.47. The summed E-state index contributed by atoms with van der Waals surface area (Å²) < 4.78 is 13.5. The van der Waals surface area contributed by atoms with Crippen LogP contribution >= 0.6 is 27.3 Å². The van der Waals surface area contributed by atoms with Gasteiger partial charge in [0, 0.05) is 5.69 Å². The van der Waals surface area contributed by atoms with Gasteiger partial charge in [0.1, 0.15) is 5.82 Å². The Hall–Kier alpha value is -1.20. The number of rotatable bonds is 2. The van der Waals surface area contributed by atoms with Gasteiger partial charge in [-0.05, 0) is 52.3 Å². The van der Waals surface area contributed by atoms with E-state index in [1.807, 2.05) is 6.07 Å². The average molecular weight is 300 g/mol. The van der Waals surface area contributed by atoms with Crippen molar-refractivity contribution in [1.29, 1.82) is 0 Å². The van der Waals surface area contributed by atoms with E-state index < -0.39 is 0 Å². The summed E-state index contributed by atoms with van der Waals surface area (Å²) in [6.07, 6.45) is 0. The number of anilines is 1. The lowest BCUT2D eigenvalue weighted by Gasteiger charge is -2.02. The number of hydrogen-bond donors (Lipinski definition) is 1. The van der Waals surface area contributed by atoms with Crippen molar-refractivity contribution in [1.82, 2.24) is 0 Å². The van der Waals surface area contributed by atoms with Crippen LogP contribution in [-0.2, 0) is 0 Å². The largest absolute Gasteiger partial charge is 0.321 e. The predicted molar refractivity (Wildman–Crippen MR) is 66.4 cm³/mol. The van der Waals surface area contributed by atoms with Gasteiger partial charge in [0.25, 0.3) is 5.91 Å². The number of carbonyl (C=O) groups is 1. The van der Waals surface area contributed by atoms with Gasteiger partial charge < -0.3 is 5.32 Å². The number of nitrogens with one attached hydrogen (secondary N) is 1. The van der Waals surface area contributed by atoms with Crippen molar-refractivity contribution in [2.24, 2.45) is 0 Å². The fourth-order valence-corrected chi connectivity index (χ4v) is 2.44. The van der Waals surface area contributed by atoms with E-state index in [4.69, 9.17) is 0 Å². The van der Waals surface area contributed by atoms with Gasteiger partial charge in [-0.3, -0.25) is 4.79 Å². The minimum atomic E-state index is -0.322. The average Bonchev–Trinajstić information content (AvgIpc) is 2.68. The summed E-state index contributed by atoms with van der Waals surface area (Å²) in [5.41, 5.74) is 0.580. The van der Waals surface area contributed by atoms with E-state index in [0.29, 0.717) is 10.6 Å². The molecule has 0 radical (unpaired) electrons. The molecule has 5 heteroatoms. The number of benzene rings is 1. The zero-order valence-electron chi connectivity index (χ0n) is 8.04. The summed E-state index contributed by atoms with van der Waals surface area (Å²) in [5.74, 6) is -0.515. The molecule has 0 saturated heterocycles. The van der Waals surface area contributed by atoms with Gasteiger partial charge in [-0.25, -0.2) is 4.39 Å². The lowest BCUT2D eigenvalue weighted by molar-refractivity contribution is 0.103. The summed E-state index contributed by atoms with van der Waals surface area (Å²) >= 11 is 4.63. The molecule has 0 saturated carbocycles. The van der Waals surface area contributed by atoms with Gasteiger partial charge in [-0.15, -0.1) is 11.3 Å². The summed E-state index contributed by atoms with van der Waals surface area (Å²) in [6, 6.07) is 9.20. The van der Waals surface area contributed by atoms with E-state index in [2.05, 4.69) is 21.2 Å². The Morgan fingerprint density at radius 1 is 1.19 bits per heavy atom. The smallest absolute Gasteiger partial charge is 0.265 e. The monoisotopic (exact) mass is 299 g/mol. The number of thiophene rings is 1. The van der Waals surface area contributed by atoms with Crippen molar-refractivity contribution < 1.29 is 9.18 Å². The molecule has 1 aromatic carbocycles.